The van der Waals surface area contributed by atoms with E-state index in [4.69, 9.17) is 9.47 Å². The Kier molecular flexibility index (Phi) is 7.20. The van der Waals surface area contributed by atoms with Crippen LogP contribution in [0.1, 0.15) is 65.0 Å². The van der Waals surface area contributed by atoms with Gasteiger partial charge in [-0.3, -0.25) is 14.7 Å². The molecule has 1 aromatic carbocycles. The van der Waals surface area contributed by atoms with Gasteiger partial charge >= 0.3 is 6.18 Å². The third-order valence-corrected chi connectivity index (χ3v) is 8.39. The van der Waals surface area contributed by atoms with Crippen molar-refractivity contribution in [3.05, 3.63) is 58.4 Å². The van der Waals surface area contributed by atoms with E-state index in [2.05, 4.69) is 42.8 Å². The lowest BCUT2D eigenvalue weighted by atomic mass is 9.96. The molecule has 200 valence electrons. The normalized spacial score (nSPS) is 23.5. The lowest BCUT2D eigenvalue weighted by Crippen LogP contribution is -2.49. The second kappa shape index (κ2) is 10.3. The van der Waals surface area contributed by atoms with E-state index in [1.807, 2.05) is 0 Å². The Labute approximate surface area is 215 Å². The van der Waals surface area contributed by atoms with Crippen LogP contribution in [0.3, 0.4) is 0 Å². The lowest BCUT2D eigenvalue weighted by molar-refractivity contribution is -0.141. The molecule has 5 rings (SSSR count). The van der Waals surface area contributed by atoms with Gasteiger partial charge in [0.1, 0.15) is 11.4 Å². The van der Waals surface area contributed by atoms with E-state index in [-0.39, 0.29) is 29.6 Å². The van der Waals surface area contributed by atoms with Crippen LogP contribution in [0.5, 0.6) is 5.75 Å². The van der Waals surface area contributed by atoms with Gasteiger partial charge in [0.25, 0.3) is 5.91 Å². The van der Waals surface area contributed by atoms with Gasteiger partial charge in [-0.2, -0.15) is 13.2 Å². The monoisotopic (exact) mass is 517 g/mol. The van der Waals surface area contributed by atoms with E-state index in [0.717, 1.165) is 62.6 Å². The summed E-state index contributed by atoms with van der Waals surface area (Å²) in [5, 5.41) is 0. The number of hydrogen-bond acceptors (Lipinski definition) is 5. The van der Waals surface area contributed by atoms with Crippen molar-refractivity contribution in [2.75, 3.05) is 32.9 Å². The van der Waals surface area contributed by atoms with Crippen molar-refractivity contribution in [2.24, 2.45) is 5.92 Å². The Morgan fingerprint density at radius 3 is 2.49 bits per heavy atom. The van der Waals surface area contributed by atoms with Crippen LogP contribution < -0.4 is 4.74 Å². The number of likely N-dealkylation sites (tertiary alicyclic amines) is 2. The Hall–Kier alpha value is -2.65. The van der Waals surface area contributed by atoms with Crippen LogP contribution in [0.15, 0.2) is 30.5 Å². The fourth-order valence-electron chi connectivity index (χ4n) is 6.00. The maximum atomic E-state index is 13.0. The lowest BCUT2D eigenvalue weighted by Gasteiger charge is -2.38. The van der Waals surface area contributed by atoms with Gasteiger partial charge in [-0.05, 0) is 80.8 Å². The average molecular weight is 518 g/mol. The molecule has 0 aliphatic carbocycles. The summed E-state index contributed by atoms with van der Waals surface area (Å²) < 4.78 is 50.1. The minimum Gasteiger partial charge on any atom is -0.493 e. The Bertz CT molecular complexity index is 1130. The van der Waals surface area contributed by atoms with E-state index in [9.17, 15) is 18.0 Å². The molecule has 3 atom stereocenters. The van der Waals surface area contributed by atoms with Gasteiger partial charge in [-0.15, -0.1) is 0 Å². The molecule has 3 aliphatic rings. The van der Waals surface area contributed by atoms with Gasteiger partial charge in [0.2, 0.25) is 0 Å². The molecule has 2 bridgehead atoms. The zero-order valence-corrected chi connectivity index (χ0v) is 21.6. The summed E-state index contributed by atoms with van der Waals surface area (Å²) in [4.78, 5) is 20.7. The molecule has 1 aromatic heterocycles. The van der Waals surface area contributed by atoms with Gasteiger partial charge in [-0.25, -0.2) is 0 Å². The number of carbonyl (C=O) groups is 1. The predicted octanol–water partition coefficient (Wildman–Crippen LogP) is 5.18. The quantitative estimate of drug-likeness (QED) is 0.529. The first-order valence-corrected chi connectivity index (χ1v) is 13.0. The van der Waals surface area contributed by atoms with Crippen molar-refractivity contribution < 1.29 is 27.4 Å². The molecule has 0 radical (unpaired) electrons. The van der Waals surface area contributed by atoms with E-state index in [1.54, 1.807) is 4.90 Å². The number of amides is 1. The van der Waals surface area contributed by atoms with Crippen molar-refractivity contribution in [2.45, 2.75) is 64.3 Å². The van der Waals surface area contributed by atoms with E-state index in [1.165, 1.54) is 17.2 Å². The molecule has 0 unspecified atom stereocenters. The first-order valence-electron chi connectivity index (χ1n) is 13.0. The van der Waals surface area contributed by atoms with Crippen LogP contribution >= 0.6 is 0 Å². The van der Waals surface area contributed by atoms with Crippen LogP contribution in [-0.2, 0) is 10.9 Å². The predicted molar refractivity (Wildman–Crippen MR) is 133 cm³/mol. The summed E-state index contributed by atoms with van der Waals surface area (Å²) >= 11 is 0. The van der Waals surface area contributed by atoms with Gasteiger partial charge in [0.05, 0.1) is 12.2 Å². The number of alkyl halides is 3. The van der Waals surface area contributed by atoms with E-state index >= 15 is 0 Å². The van der Waals surface area contributed by atoms with Crippen LogP contribution in [0.25, 0.3) is 0 Å². The number of hydrogen-bond donors (Lipinski definition) is 0. The minimum absolute atomic E-state index is 0.0470. The number of halogens is 3. The molecular weight excluding hydrogens is 483 g/mol. The van der Waals surface area contributed by atoms with Crippen molar-refractivity contribution >= 4 is 5.91 Å². The fourth-order valence-corrected chi connectivity index (χ4v) is 6.00. The van der Waals surface area contributed by atoms with Crippen molar-refractivity contribution in [1.29, 1.82) is 0 Å². The maximum absolute atomic E-state index is 13.0. The number of benzene rings is 1. The molecule has 2 aromatic rings. The SMILES string of the molecule is Cc1c(OCC2CCOCC2)ccc([C@H](C)N2C[C@H]3C[C@@H]2CN3C(=O)c2ccc(C(F)(F)F)nc2)c1C. The highest BCUT2D eigenvalue weighted by Gasteiger charge is 2.47. The van der Waals surface area contributed by atoms with E-state index < -0.39 is 11.9 Å². The number of aromatic nitrogens is 1. The molecule has 0 spiro atoms. The zero-order valence-electron chi connectivity index (χ0n) is 21.6. The van der Waals surface area contributed by atoms with Gasteiger partial charge in [0.15, 0.2) is 0 Å². The summed E-state index contributed by atoms with van der Waals surface area (Å²) in [6.45, 7) is 10.1. The smallest absolute Gasteiger partial charge is 0.433 e. The molecule has 4 heterocycles. The Morgan fingerprint density at radius 2 is 1.86 bits per heavy atom. The van der Waals surface area contributed by atoms with Crippen molar-refractivity contribution in [3.63, 3.8) is 0 Å². The number of rotatable bonds is 6. The van der Waals surface area contributed by atoms with Crippen LogP contribution in [0, 0.1) is 19.8 Å². The molecule has 3 saturated heterocycles. The number of ether oxygens (including phenoxy) is 2. The molecule has 0 saturated carbocycles. The van der Waals surface area contributed by atoms with Gasteiger partial charge < -0.3 is 14.4 Å². The number of fused-ring (bicyclic) bond motifs is 2. The summed E-state index contributed by atoms with van der Waals surface area (Å²) in [5.41, 5.74) is 2.85. The van der Waals surface area contributed by atoms with Gasteiger partial charge in [0, 0.05) is 50.6 Å². The number of piperazine rings is 1. The molecule has 6 nitrogen and oxygen atoms in total. The minimum atomic E-state index is -4.52. The molecule has 1 amide bonds. The zero-order chi connectivity index (χ0) is 26.3. The third-order valence-electron chi connectivity index (χ3n) is 8.39. The van der Waals surface area contributed by atoms with Crippen LogP contribution in [0.2, 0.25) is 0 Å². The largest absolute Gasteiger partial charge is 0.493 e. The highest BCUT2D eigenvalue weighted by molar-refractivity contribution is 5.94. The molecule has 3 aliphatic heterocycles. The standard InChI is InChI=1S/C28H34F3N3O3/c1-17-18(2)25(37-16-20-8-10-36-11-9-20)6-5-24(17)19(3)33-14-23-12-22(33)15-34(23)27(35)21-4-7-26(32-13-21)28(29,30)31/h4-7,13,19-20,22-23H,8-12,14-16H2,1-3H3/t19-,22+,23+/m0/s1. The Morgan fingerprint density at radius 1 is 1.11 bits per heavy atom. The van der Waals surface area contributed by atoms with Crippen molar-refractivity contribution in [1.82, 2.24) is 14.8 Å². The molecule has 3 fully saturated rings. The summed E-state index contributed by atoms with van der Waals surface area (Å²) in [6.07, 6.45) is -0.528. The summed E-state index contributed by atoms with van der Waals surface area (Å²) in [7, 11) is 0. The summed E-state index contributed by atoms with van der Waals surface area (Å²) in [6, 6.07) is 6.79. The average Bonchev–Trinajstić information content (AvgIpc) is 3.50. The van der Waals surface area contributed by atoms with Gasteiger partial charge in [-0.1, -0.05) is 6.07 Å². The highest BCUT2D eigenvalue weighted by Crippen LogP contribution is 2.40. The molecule has 0 N–H and O–H groups in total. The fraction of sp³-hybridized carbons (Fsp3) is 0.571. The first kappa shape index (κ1) is 26.0. The molecular formula is C28H34F3N3O3. The number of carbonyl (C=O) groups excluding carboxylic acids is 1. The molecule has 37 heavy (non-hydrogen) atoms. The Balaban J connectivity index is 1.22. The topological polar surface area (TPSA) is 54.9 Å². The number of nitrogens with zero attached hydrogens (tertiary/aromatic N) is 3. The second-order valence-electron chi connectivity index (χ2n) is 10.6. The third kappa shape index (κ3) is 5.21. The number of pyridine rings is 1. The van der Waals surface area contributed by atoms with Crippen molar-refractivity contribution in [3.8, 4) is 5.75 Å². The van der Waals surface area contributed by atoms with E-state index in [0.29, 0.717) is 19.1 Å². The first-order chi connectivity index (χ1) is 17.6. The van der Waals surface area contributed by atoms with Crippen LogP contribution in [0.4, 0.5) is 13.2 Å². The maximum Gasteiger partial charge on any atom is 0.433 e. The van der Waals surface area contributed by atoms with Crippen LogP contribution in [-0.4, -0.2) is 65.7 Å². The summed E-state index contributed by atoms with van der Waals surface area (Å²) in [5.74, 6) is 1.22. The molecule has 9 heteroatoms. The highest BCUT2D eigenvalue weighted by atomic mass is 19.4. The second-order valence-corrected chi connectivity index (χ2v) is 10.6.